The van der Waals surface area contributed by atoms with Crippen LogP contribution in [0.15, 0.2) is 141 Å². The van der Waals surface area contributed by atoms with Gasteiger partial charge in [0.2, 0.25) is 0 Å². The Kier molecular flexibility index (Phi) is 7.47. The van der Waals surface area contributed by atoms with E-state index in [0.29, 0.717) is 0 Å². The summed E-state index contributed by atoms with van der Waals surface area (Å²) in [4.78, 5) is 5.55. The van der Waals surface area contributed by atoms with Gasteiger partial charge in [0.15, 0.2) is 0 Å². The molecule has 7 rings (SSSR count). The van der Waals surface area contributed by atoms with E-state index < -0.39 is 12.8 Å². The number of pyridine rings is 1. The Morgan fingerprint density at radius 3 is 1.05 bits per heavy atom. The van der Waals surface area contributed by atoms with Crippen LogP contribution in [0.25, 0.3) is 0 Å². The number of aryl methyl sites for hydroxylation is 2. The van der Waals surface area contributed by atoms with E-state index in [1.54, 1.807) is 24.8 Å². The number of hydrogen-bond donors (Lipinski definition) is 0. The van der Waals surface area contributed by atoms with Gasteiger partial charge in [0.25, 0.3) is 12.8 Å². The second-order valence-corrected chi connectivity index (χ2v) is 10.8. The topological polar surface area (TPSA) is 84.2 Å². The predicted octanol–water partition coefficient (Wildman–Crippen LogP) is 1.79. The normalized spacial score (nSPS) is 11.8. The van der Waals surface area contributed by atoms with Crippen LogP contribution in [0.5, 0.6) is 0 Å². The van der Waals surface area contributed by atoms with Crippen molar-refractivity contribution in [2.75, 3.05) is 0 Å². The first-order valence-electron chi connectivity index (χ1n) is 14.1. The number of hydrogen-bond acceptors (Lipinski definition) is 5. The summed E-state index contributed by atoms with van der Waals surface area (Å²) in [6.45, 7) is 4.18. The number of nitrogens with zero attached hydrogens (tertiary/aromatic N) is 9. The first-order valence-corrected chi connectivity index (χ1v) is 14.1. The molecule has 43 heavy (non-hydrogen) atoms. The molecule has 1 radical (unpaired) electrons. The minimum absolute atomic E-state index is 0. The average molecular weight is 608 g/mol. The summed E-state index contributed by atoms with van der Waals surface area (Å²) >= 11 is 0. The van der Waals surface area contributed by atoms with Crippen LogP contribution in [0.3, 0.4) is 0 Å². The third-order valence-electron chi connectivity index (χ3n) is 8.33. The quantitative estimate of drug-likeness (QED) is 0.246. The van der Waals surface area contributed by atoms with Crippen LogP contribution in [-0.2, 0) is 16.8 Å². The van der Waals surface area contributed by atoms with E-state index in [9.17, 15) is 0 Å². The summed E-state index contributed by atoms with van der Waals surface area (Å²) < 4.78 is 7.91. The van der Waals surface area contributed by atoms with Crippen molar-refractivity contribution in [1.82, 2.24) is 43.7 Å². The van der Waals surface area contributed by atoms with E-state index in [0.717, 1.165) is 22.1 Å². The number of rotatable bonds is 8. The Bertz CT molecular complexity index is 1680. The zero-order chi connectivity index (χ0) is 28.6. The second kappa shape index (κ2) is 11.4. The molecule has 0 saturated carbocycles. The third kappa shape index (κ3) is 4.46. The van der Waals surface area contributed by atoms with Crippen molar-refractivity contribution in [1.29, 1.82) is 0 Å². The molecule has 12 heteroatoms. The van der Waals surface area contributed by atoms with Crippen molar-refractivity contribution in [3.05, 3.63) is 152 Å². The van der Waals surface area contributed by atoms with Crippen molar-refractivity contribution >= 4 is 34.9 Å². The molecule has 0 N–H and O–H groups in total. The summed E-state index contributed by atoms with van der Waals surface area (Å²) in [6.07, 6.45) is 11.2. The van der Waals surface area contributed by atoms with E-state index in [4.69, 9.17) is 25.4 Å². The van der Waals surface area contributed by atoms with E-state index in [2.05, 4.69) is 80.6 Å². The van der Waals surface area contributed by atoms with Gasteiger partial charge in [0.1, 0.15) is 0 Å². The third-order valence-corrected chi connectivity index (χ3v) is 8.33. The van der Waals surface area contributed by atoms with Crippen molar-refractivity contribution in [3.63, 3.8) is 0 Å². The standard InChI is InChI=1S/C31H29B2N9.Co/c1-26-10-14-28(15-11-26)32(39-22-4-18-34-39,40-23-5-19-35-40)30-8-3-9-31(38-30)33(41-24-6-20-36-41,42-25-7-21-37-42)29-16-12-27(2)13-17-29;/h3-25H,1-2H3;/q-2;+2. The molecule has 0 saturated heterocycles. The molecule has 5 heterocycles. The van der Waals surface area contributed by atoms with Crippen LogP contribution in [0, 0.1) is 13.8 Å². The average Bonchev–Trinajstić information content (AvgIpc) is 3.85. The van der Waals surface area contributed by atoms with Crippen LogP contribution in [0.4, 0.5) is 0 Å². The fraction of sp³-hybridized carbons (Fsp3) is 0.0645. The minimum Gasteiger partial charge on any atom is -0.412 e. The van der Waals surface area contributed by atoms with Gasteiger partial charge in [0, 0.05) is 24.8 Å². The maximum Gasteiger partial charge on any atom is 2.00 e. The number of benzene rings is 2. The molecule has 0 spiro atoms. The van der Waals surface area contributed by atoms with Crippen molar-refractivity contribution in [2.24, 2.45) is 0 Å². The predicted molar refractivity (Wildman–Crippen MR) is 167 cm³/mol. The van der Waals surface area contributed by atoms with Crippen LogP contribution in [0.1, 0.15) is 11.1 Å². The molecule has 2 aromatic carbocycles. The fourth-order valence-electron chi connectivity index (χ4n) is 6.33. The van der Waals surface area contributed by atoms with Gasteiger partial charge in [-0.2, -0.15) is 10.9 Å². The smallest absolute Gasteiger partial charge is 0.412 e. The van der Waals surface area contributed by atoms with Crippen LogP contribution < -0.4 is 22.1 Å². The van der Waals surface area contributed by atoms with Gasteiger partial charge in [-0.3, -0.25) is 0 Å². The van der Waals surface area contributed by atoms with Gasteiger partial charge in [-0.25, -0.2) is 20.4 Å². The van der Waals surface area contributed by atoms with E-state index >= 15 is 0 Å². The Morgan fingerprint density at radius 2 is 0.767 bits per heavy atom. The Hall–Kier alpha value is -4.93. The zero-order valence-electron chi connectivity index (χ0n) is 23.8. The molecule has 0 fully saturated rings. The van der Waals surface area contributed by atoms with Crippen molar-refractivity contribution in [2.45, 2.75) is 13.8 Å². The molecule has 9 nitrogen and oxygen atoms in total. The maximum absolute atomic E-state index is 5.55. The molecule has 0 atom stereocenters. The minimum atomic E-state index is -1.98. The van der Waals surface area contributed by atoms with E-state index in [-0.39, 0.29) is 16.8 Å². The Labute approximate surface area is 260 Å². The van der Waals surface area contributed by atoms with E-state index in [1.165, 1.54) is 11.1 Å². The monoisotopic (exact) mass is 608 g/mol. The van der Waals surface area contributed by atoms with Gasteiger partial charge < -0.3 is 23.4 Å². The van der Waals surface area contributed by atoms with E-state index in [1.807, 2.05) is 67.4 Å². The summed E-state index contributed by atoms with van der Waals surface area (Å²) in [7, 11) is 0. The SMILES string of the molecule is Cc1ccc([B-](c2cccc([B-](c3ccc(C)cc3)(n3cccn3)n3cccn3)n2)(n2cccn2)n2cccn2)cc1.[Co+2]. The van der Waals surface area contributed by atoms with Crippen LogP contribution in [-0.4, -0.2) is 56.6 Å². The van der Waals surface area contributed by atoms with Crippen molar-refractivity contribution in [3.8, 4) is 0 Å². The van der Waals surface area contributed by atoms with Gasteiger partial charge >= 0.3 is 16.8 Å². The molecule has 0 aliphatic heterocycles. The molecule has 5 aromatic heterocycles. The molecular weight excluding hydrogens is 579 g/mol. The number of aromatic nitrogens is 9. The Balaban J connectivity index is 0.00000329. The maximum atomic E-state index is 5.55. The summed E-state index contributed by atoms with van der Waals surface area (Å²) in [5.74, 6) is 0. The molecule has 7 aromatic rings. The largest absolute Gasteiger partial charge is 2.00 e. The van der Waals surface area contributed by atoms with Gasteiger partial charge in [-0.1, -0.05) is 89.0 Å². The molecular formula is C31H29B2CoN9. The fourth-order valence-corrected chi connectivity index (χ4v) is 6.33. The molecule has 0 aliphatic rings. The van der Waals surface area contributed by atoms with Gasteiger partial charge in [-0.05, 0) is 62.9 Å². The first-order chi connectivity index (χ1) is 20.6. The second-order valence-electron chi connectivity index (χ2n) is 10.8. The molecule has 0 aliphatic carbocycles. The summed E-state index contributed by atoms with van der Waals surface area (Å²) in [5, 5.41) is 19.2. The van der Waals surface area contributed by atoms with Crippen LogP contribution in [0.2, 0.25) is 0 Å². The Morgan fingerprint density at radius 1 is 0.442 bits per heavy atom. The molecule has 0 bridgehead atoms. The molecule has 213 valence electrons. The first kappa shape index (κ1) is 28.2. The van der Waals surface area contributed by atoms with Gasteiger partial charge in [-0.15, -0.1) is 0 Å². The van der Waals surface area contributed by atoms with Crippen LogP contribution >= 0.6 is 0 Å². The zero-order valence-corrected chi connectivity index (χ0v) is 24.8. The van der Waals surface area contributed by atoms with Crippen molar-refractivity contribution < 1.29 is 16.8 Å². The summed E-state index contributed by atoms with van der Waals surface area (Å²) in [5.41, 5.74) is 6.02. The molecule has 0 unspecified atom stereocenters. The molecule has 0 amide bonds. The summed E-state index contributed by atoms with van der Waals surface area (Å²) in [6, 6.07) is 31.0. The van der Waals surface area contributed by atoms with Gasteiger partial charge in [0.05, 0.1) is 0 Å².